The smallest absolute Gasteiger partial charge is 0.257 e. The van der Waals surface area contributed by atoms with E-state index in [1.54, 1.807) is 12.1 Å². The molecule has 1 saturated heterocycles. The Bertz CT molecular complexity index is 532. The Balaban J connectivity index is 1.70. The highest BCUT2D eigenvalue weighted by molar-refractivity contribution is 5.52. The highest BCUT2D eigenvalue weighted by Gasteiger charge is 2.17. The lowest BCUT2D eigenvalue weighted by Gasteiger charge is -2.20. The lowest BCUT2D eigenvalue weighted by molar-refractivity contribution is 0.356. The third kappa shape index (κ3) is 2.98. The first kappa shape index (κ1) is 12.3. The Morgan fingerprint density at radius 1 is 1.21 bits per heavy atom. The van der Waals surface area contributed by atoms with E-state index in [0.29, 0.717) is 11.8 Å². The van der Waals surface area contributed by atoms with Gasteiger partial charge in [-0.2, -0.15) is 4.98 Å². The maximum absolute atomic E-state index is 12.8. The molecule has 3 rings (SSSR count). The van der Waals surface area contributed by atoms with E-state index in [1.807, 2.05) is 0 Å². The number of halogens is 1. The molecule has 0 saturated carbocycles. The van der Waals surface area contributed by atoms with Crippen LogP contribution in [0.1, 0.15) is 18.7 Å². The fourth-order valence-electron chi connectivity index (χ4n) is 2.39. The summed E-state index contributed by atoms with van der Waals surface area (Å²) in [5.74, 6) is 1.56. The van der Waals surface area contributed by atoms with E-state index >= 15 is 0 Å². The van der Waals surface area contributed by atoms with Gasteiger partial charge in [0.15, 0.2) is 5.82 Å². The molecule has 2 aromatic rings. The van der Waals surface area contributed by atoms with Gasteiger partial charge < -0.3 is 9.84 Å². The van der Waals surface area contributed by atoms with E-state index in [9.17, 15) is 4.39 Å². The first-order chi connectivity index (χ1) is 9.31. The average molecular weight is 261 g/mol. The molecule has 100 valence electrons. The predicted octanol–water partition coefficient (Wildman–Crippen LogP) is 2.42. The number of benzene rings is 1. The van der Waals surface area contributed by atoms with E-state index in [1.165, 1.54) is 12.1 Å². The predicted molar refractivity (Wildman–Crippen MR) is 69.0 cm³/mol. The van der Waals surface area contributed by atoms with Gasteiger partial charge in [-0.15, -0.1) is 0 Å². The minimum atomic E-state index is -0.266. The number of rotatable bonds is 3. The Labute approximate surface area is 111 Å². The number of nitrogens with zero attached hydrogens (tertiary/aromatic N) is 2. The normalized spacial score (nSPS) is 16.7. The van der Waals surface area contributed by atoms with Gasteiger partial charge in [-0.05, 0) is 56.1 Å². The minimum Gasteiger partial charge on any atom is -0.334 e. The standard InChI is InChI=1S/C14H16FN3O/c15-12-3-1-11(2-4-12)14-17-13(18-19-14)9-10-5-7-16-8-6-10/h1-4,10,16H,5-9H2. The third-order valence-electron chi connectivity index (χ3n) is 3.49. The SMILES string of the molecule is Fc1ccc(-c2nc(CC3CCNCC3)no2)cc1. The molecule has 4 nitrogen and oxygen atoms in total. The van der Waals surface area contributed by atoms with Crippen LogP contribution in [-0.4, -0.2) is 23.2 Å². The van der Waals surface area contributed by atoms with E-state index < -0.39 is 0 Å². The van der Waals surface area contributed by atoms with Crippen LogP contribution < -0.4 is 5.32 Å². The number of hydrogen-bond donors (Lipinski definition) is 1. The van der Waals surface area contributed by atoms with Gasteiger partial charge >= 0.3 is 0 Å². The molecular formula is C14H16FN3O. The zero-order chi connectivity index (χ0) is 13.1. The third-order valence-corrected chi connectivity index (χ3v) is 3.49. The Morgan fingerprint density at radius 2 is 1.95 bits per heavy atom. The van der Waals surface area contributed by atoms with Crippen LogP contribution in [0.2, 0.25) is 0 Å². The van der Waals surface area contributed by atoms with Crippen LogP contribution in [-0.2, 0) is 6.42 Å². The Hall–Kier alpha value is -1.75. The molecule has 0 bridgehead atoms. The zero-order valence-electron chi connectivity index (χ0n) is 10.6. The molecule has 1 aromatic heterocycles. The Morgan fingerprint density at radius 3 is 2.68 bits per heavy atom. The maximum atomic E-state index is 12.8. The number of hydrogen-bond acceptors (Lipinski definition) is 4. The van der Waals surface area contributed by atoms with Crippen molar-refractivity contribution in [3.63, 3.8) is 0 Å². The fraction of sp³-hybridized carbons (Fsp3) is 0.429. The molecule has 0 radical (unpaired) electrons. The average Bonchev–Trinajstić information content (AvgIpc) is 2.89. The monoisotopic (exact) mass is 261 g/mol. The molecule has 0 amide bonds. The molecule has 2 heterocycles. The quantitative estimate of drug-likeness (QED) is 0.922. The summed E-state index contributed by atoms with van der Waals surface area (Å²) in [6.07, 6.45) is 3.16. The minimum absolute atomic E-state index is 0.266. The van der Waals surface area contributed by atoms with E-state index in [0.717, 1.165) is 43.7 Å². The first-order valence-electron chi connectivity index (χ1n) is 6.60. The molecule has 0 atom stereocenters. The summed E-state index contributed by atoms with van der Waals surface area (Å²) in [7, 11) is 0. The van der Waals surface area contributed by atoms with Gasteiger partial charge in [-0.3, -0.25) is 0 Å². The van der Waals surface area contributed by atoms with E-state index in [2.05, 4.69) is 15.5 Å². The molecule has 19 heavy (non-hydrogen) atoms. The van der Waals surface area contributed by atoms with Crippen molar-refractivity contribution < 1.29 is 8.91 Å². The molecule has 1 fully saturated rings. The first-order valence-corrected chi connectivity index (χ1v) is 6.60. The highest BCUT2D eigenvalue weighted by atomic mass is 19.1. The van der Waals surface area contributed by atoms with Crippen LogP contribution >= 0.6 is 0 Å². The Kier molecular flexibility index (Phi) is 3.55. The molecule has 1 aromatic carbocycles. The molecule has 5 heteroatoms. The fourth-order valence-corrected chi connectivity index (χ4v) is 2.39. The van der Waals surface area contributed by atoms with Gasteiger partial charge in [0.1, 0.15) is 5.82 Å². The van der Waals surface area contributed by atoms with Gasteiger partial charge in [-0.25, -0.2) is 4.39 Å². The molecule has 1 aliphatic heterocycles. The second-order valence-corrected chi connectivity index (χ2v) is 4.92. The van der Waals surface area contributed by atoms with Crippen LogP contribution in [0, 0.1) is 11.7 Å². The summed E-state index contributed by atoms with van der Waals surface area (Å²) in [4.78, 5) is 4.38. The highest BCUT2D eigenvalue weighted by Crippen LogP contribution is 2.20. The second-order valence-electron chi connectivity index (χ2n) is 4.92. The van der Waals surface area contributed by atoms with E-state index in [-0.39, 0.29) is 5.82 Å². The van der Waals surface area contributed by atoms with Crippen LogP contribution in [0.15, 0.2) is 28.8 Å². The van der Waals surface area contributed by atoms with Crippen molar-refractivity contribution in [2.75, 3.05) is 13.1 Å². The molecule has 0 unspecified atom stereocenters. The summed E-state index contributed by atoms with van der Waals surface area (Å²) in [6.45, 7) is 2.13. The van der Waals surface area contributed by atoms with Gasteiger partial charge in [0.25, 0.3) is 5.89 Å². The molecule has 1 N–H and O–H groups in total. The molecular weight excluding hydrogens is 245 g/mol. The summed E-state index contributed by atoms with van der Waals surface area (Å²) in [5.41, 5.74) is 0.755. The zero-order valence-corrected chi connectivity index (χ0v) is 10.6. The number of aromatic nitrogens is 2. The maximum Gasteiger partial charge on any atom is 0.257 e. The topological polar surface area (TPSA) is 51.0 Å². The van der Waals surface area contributed by atoms with Crippen LogP contribution in [0.4, 0.5) is 4.39 Å². The van der Waals surface area contributed by atoms with Gasteiger partial charge in [-0.1, -0.05) is 5.16 Å². The second kappa shape index (κ2) is 5.48. The van der Waals surface area contributed by atoms with Gasteiger partial charge in [0.2, 0.25) is 0 Å². The van der Waals surface area contributed by atoms with Crippen LogP contribution in [0.3, 0.4) is 0 Å². The van der Waals surface area contributed by atoms with Crippen molar-refractivity contribution in [3.8, 4) is 11.5 Å². The van der Waals surface area contributed by atoms with Crippen molar-refractivity contribution in [2.45, 2.75) is 19.3 Å². The van der Waals surface area contributed by atoms with Crippen molar-refractivity contribution in [1.82, 2.24) is 15.5 Å². The molecule has 0 aliphatic carbocycles. The summed E-state index contributed by atoms with van der Waals surface area (Å²) >= 11 is 0. The van der Waals surface area contributed by atoms with Crippen LogP contribution in [0.25, 0.3) is 11.5 Å². The lowest BCUT2D eigenvalue weighted by Crippen LogP contribution is -2.28. The summed E-state index contributed by atoms with van der Waals surface area (Å²) < 4.78 is 18.1. The largest absolute Gasteiger partial charge is 0.334 e. The number of nitrogens with one attached hydrogen (secondary N) is 1. The molecule has 1 aliphatic rings. The van der Waals surface area contributed by atoms with Gasteiger partial charge in [0.05, 0.1) is 0 Å². The van der Waals surface area contributed by atoms with Crippen molar-refractivity contribution in [2.24, 2.45) is 5.92 Å². The van der Waals surface area contributed by atoms with Crippen molar-refractivity contribution >= 4 is 0 Å². The summed E-state index contributed by atoms with van der Waals surface area (Å²) in [5, 5.41) is 7.35. The van der Waals surface area contributed by atoms with E-state index in [4.69, 9.17) is 4.52 Å². The van der Waals surface area contributed by atoms with Crippen molar-refractivity contribution in [3.05, 3.63) is 35.9 Å². The lowest BCUT2D eigenvalue weighted by atomic mass is 9.94. The molecule has 0 spiro atoms. The van der Waals surface area contributed by atoms with Crippen LogP contribution in [0.5, 0.6) is 0 Å². The van der Waals surface area contributed by atoms with Crippen molar-refractivity contribution in [1.29, 1.82) is 0 Å². The summed E-state index contributed by atoms with van der Waals surface area (Å²) in [6, 6.07) is 6.09. The van der Waals surface area contributed by atoms with Gasteiger partial charge in [0, 0.05) is 12.0 Å². The number of piperidine rings is 1.